The topological polar surface area (TPSA) is 63.7 Å². The second-order valence-corrected chi connectivity index (χ2v) is 12.3. The Hall–Kier alpha value is -0.340. The molecule has 2 saturated carbocycles. The molecule has 1 heterocycles. The van der Waals surface area contributed by atoms with Crippen molar-refractivity contribution in [3.8, 4) is 0 Å². The largest absolute Gasteiger partial charge is 0.444 e. The zero-order chi connectivity index (χ0) is 19.7. The second-order valence-electron chi connectivity index (χ2n) is 9.13. The van der Waals surface area contributed by atoms with Gasteiger partial charge in [-0.25, -0.2) is 17.6 Å². The SMILES string of the molecule is CC(C)N(C(C)C)S(=O)(=O)C[C@]12CC[C@H](C[C@]13OC(=O)[C@@H](F)S3)C2(C)C. The maximum atomic E-state index is 14.1. The van der Waals surface area contributed by atoms with E-state index < -0.39 is 31.8 Å². The van der Waals surface area contributed by atoms with Crippen molar-refractivity contribution in [2.75, 3.05) is 5.75 Å². The quantitative estimate of drug-likeness (QED) is 0.652. The van der Waals surface area contributed by atoms with Gasteiger partial charge in [-0.05, 0) is 51.9 Å². The van der Waals surface area contributed by atoms with Crippen LogP contribution in [0.5, 0.6) is 0 Å². The van der Waals surface area contributed by atoms with Gasteiger partial charge in [-0.15, -0.1) is 0 Å². The van der Waals surface area contributed by atoms with Crippen molar-refractivity contribution in [3.05, 3.63) is 0 Å². The molecule has 8 heteroatoms. The molecule has 3 rings (SSSR count). The van der Waals surface area contributed by atoms with E-state index in [0.717, 1.165) is 18.2 Å². The van der Waals surface area contributed by atoms with Gasteiger partial charge in [0, 0.05) is 23.9 Å². The fraction of sp³-hybridized carbons (Fsp3) is 0.944. The summed E-state index contributed by atoms with van der Waals surface area (Å²) in [6.07, 6.45) is 2.07. The maximum Gasteiger partial charge on any atom is 0.352 e. The maximum absolute atomic E-state index is 14.1. The third-order valence-corrected chi connectivity index (χ3v) is 10.7. The monoisotopic (exact) mass is 407 g/mol. The highest BCUT2D eigenvalue weighted by Crippen LogP contribution is 2.76. The van der Waals surface area contributed by atoms with Gasteiger partial charge in [-0.2, -0.15) is 4.31 Å². The van der Waals surface area contributed by atoms with E-state index in [1.807, 2.05) is 27.7 Å². The van der Waals surface area contributed by atoms with E-state index in [4.69, 9.17) is 4.74 Å². The number of sulfonamides is 1. The van der Waals surface area contributed by atoms with E-state index in [0.29, 0.717) is 12.8 Å². The third kappa shape index (κ3) is 2.58. The minimum Gasteiger partial charge on any atom is -0.444 e. The molecule has 0 amide bonds. The first-order valence-electron chi connectivity index (χ1n) is 9.36. The Balaban J connectivity index is 2.06. The van der Waals surface area contributed by atoms with E-state index in [-0.39, 0.29) is 29.2 Å². The number of ether oxygens (including phenoxy) is 1. The number of fused-ring (bicyclic) bond motifs is 3. The first kappa shape index (κ1) is 20.4. The van der Waals surface area contributed by atoms with Crippen LogP contribution >= 0.6 is 11.8 Å². The lowest BCUT2D eigenvalue weighted by Crippen LogP contribution is -2.55. The molecule has 4 atom stereocenters. The molecule has 0 aromatic carbocycles. The molecule has 3 aliphatic rings. The molecule has 150 valence electrons. The zero-order valence-corrected chi connectivity index (χ0v) is 18.0. The molecule has 2 aliphatic carbocycles. The van der Waals surface area contributed by atoms with Gasteiger partial charge >= 0.3 is 5.97 Å². The summed E-state index contributed by atoms with van der Waals surface area (Å²) in [5.74, 6) is -0.734. The fourth-order valence-corrected chi connectivity index (χ4v) is 10.3. The van der Waals surface area contributed by atoms with Crippen molar-refractivity contribution < 1.29 is 22.3 Å². The predicted octanol–water partition coefficient (Wildman–Crippen LogP) is 3.54. The smallest absolute Gasteiger partial charge is 0.352 e. The van der Waals surface area contributed by atoms with Crippen LogP contribution in [-0.2, 0) is 19.6 Å². The van der Waals surface area contributed by atoms with Crippen LogP contribution in [-0.4, -0.2) is 47.0 Å². The molecule has 0 aromatic heterocycles. The molecule has 0 N–H and O–H groups in total. The van der Waals surface area contributed by atoms with Gasteiger partial charge in [0.05, 0.1) is 5.75 Å². The Morgan fingerprint density at radius 1 is 1.27 bits per heavy atom. The van der Waals surface area contributed by atoms with Crippen LogP contribution < -0.4 is 0 Å². The van der Waals surface area contributed by atoms with Crippen LogP contribution in [0.2, 0.25) is 0 Å². The van der Waals surface area contributed by atoms with Gasteiger partial charge in [-0.3, -0.25) is 0 Å². The minimum absolute atomic E-state index is 0.104. The summed E-state index contributed by atoms with van der Waals surface area (Å²) in [7, 11) is -3.61. The van der Waals surface area contributed by atoms with Crippen LogP contribution in [0.1, 0.15) is 60.8 Å². The minimum atomic E-state index is -3.61. The van der Waals surface area contributed by atoms with Gasteiger partial charge in [0.15, 0.2) is 4.93 Å². The van der Waals surface area contributed by atoms with Gasteiger partial charge in [0.1, 0.15) is 0 Å². The van der Waals surface area contributed by atoms with Gasteiger partial charge in [0.2, 0.25) is 15.5 Å². The highest BCUT2D eigenvalue weighted by molar-refractivity contribution is 8.02. The summed E-state index contributed by atoms with van der Waals surface area (Å²) in [5, 5.41) is 0. The van der Waals surface area contributed by atoms with E-state index >= 15 is 0 Å². The van der Waals surface area contributed by atoms with E-state index in [9.17, 15) is 17.6 Å². The number of carbonyl (C=O) groups excluding carboxylic acids is 1. The average molecular weight is 408 g/mol. The highest BCUT2D eigenvalue weighted by atomic mass is 32.2. The van der Waals surface area contributed by atoms with E-state index in [1.165, 1.54) is 4.31 Å². The summed E-state index contributed by atoms with van der Waals surface area (Å²) in [5.41, 5.74) is -2.83. The number of hydrogen-bond donors (Lipinski definition) is 0. The van der Waals surface area contributed by atoms with Crippen LogP contribution in [0.4, 0.5) is 4.39 Å². The summed E-state index contributed by atoms with van der Waals surface area (Å²) in [6.45, 7) is 11.6. The lowest BCUT2D eigenvalue weighted by atomic mass is 9.69. The molecule has 0 aromatic rings. The van der Waals surface area contributed by atoms with E-state index in [1.54, 1.807) is 0 Å². The highest BCUT2D eigenvalue weighted by Gasteiger charge is 2.77. The van der Waals surface area contributed by atoms with E-state index in [2.05, 4.69) is 13.8 Å². The van der Waals surface area contributed by atoms with Crippen LogP contribution in [0.15, 0.2) is 0 Å². The van der Waals surface area contributed by atoms with Crippen LogP contribution in [0.25, 0.3) is 0 Å². The Kier molecular flexibility index (Phi) is 4.77. The zero-order valence-electron chi connectivity index (χ0n) is 16.4. The summed E-state index contributed by atoms with van der Waals surface area (Å²) < 4.78 is 48.1. The van der Waals surface area contributed by atoms with Gasteiger partial charge in [0.25, 0.3) is 0 Å². The number of hydrogen-bond acceptors (Lipinski definition) is 5. The molecular weight excluding hydrogens is 377 g/mol. The molecule has 1 spiro atoms. The molecule has 5 nitrogen and oxygen atoms in total. The first-order chi connectivity index (χ1) is 11.8. The molecule has 3 fully saturated rings. The van der Waals surface area contributed by atoms with Crippen molar-refractivity contribution >= 4 is 27.8 Å². The van der Waals surface area contributed by atoms with Crippen LogP contribution in [0, 0.1) is 16.7 Å². The Morgan fingerprint density at radius 3 is 2.27 bits per heavy atom. The van der Waals surface area contributed by atoms with Gasteiger partial charge in [-0.1, -0.05) is 25.6 Å². The Bertz CT molecular complexity index is 700. The van der Waals surface area contributed by atoms with Crippen molar-refractivity contribution in [1.82, 2.24) is 4.31 Å². The number of halogens is 1. The number of thioether (sulfide) groups is 1. The lowest BCUT2D eigenvalue weighted by molar-refractivity contribution is -0.158. The van der Waals surface area contributed by atoms with Crippen molar-refractivity contribution in [2.24, 2.45) is 16.7 Å². The summed E-state index contributed by atoms with van der Waals surface area (Å²) >= 11 is 0.896. The van der Waals surface area contributed by atoms with Crippen molar-refractivity contribution in [2.45, 2.75) is 83.3 Å². The average Bonchev–Trinajstić information content (AvgIpc) is 2.92. The van der Waals surface area contributed by atoms with Gasteiger partial charge < -0.3 is 4.74 Å². The molecule has 1 saturated heterocycles. The number of esters is 1. The fourth-order valence-electron chi connectivity index (χ4n) is 5.79. The second kappa shape index (κ2) is 6.08. The Labute approximate surface area is 160 Å². The third-order valence-electron chi connectivity index (χ3n) is 6.93. The number of alkyl halides is 1. The molecule has 26 heavy (non-hydrogen) atoms. The molecule has 1 aliphatic heterocycles. The number of nitrogens with zero attached hydrogens (tertiary/aromatic N) is 1. The van der Waals surface area contributed by atoms with Crippen LogP contribution in [0.3, 0.4) is 0 Å². The molecule has 0 radical (unpaired) electrons. The number of carbonyl (C=O) groups is 1. The predicted molar refractivity (Wildman–Crippen MR) is 101 cm³/mol. The molecule has 2 bridgehead atoms. The first-order valence-corrected chi connectivity index (χ1v) is 11.8. The Morgan fingerprint density at radius 2 is 1.85 bits per heavy atom. The standard InChI is InChI=1S/C18H30FNO4S2/c1-11(2)20(12(3)4)26(22,23)10-17-8-7-13(16(17,5)6)9-18(17)24-15(21)14(19)25-18/h11-14H,7-10H2,1-6H3/t13-,14+,17+,18-/m1/s1. The normalized spacial score (nSPS) is 38.9. The summed E-state index contributed by atoms with van der Waals surface area (Å²) in [6, 6.07) is -0.330. The molecular formula is C18H30FNO4S2. The molecule has 0 unspecified atom stereocenters. The van der Waals surface area contributed by atoms with Crippen molar-refractivity contribution in [1.29, 1.82) is 0 Å². The summed E-state index contributed by atoms with van der Waals surface area (Å²) in [4.78, 5) is 10.8. The lowest BCUT2D eigenvalue weighted by Gasteiger charge is -2.47. The van der Waals surface area contributed by atoms with Crippen molar-refractivity contribution in [3.63, 3.8) is 0 Å². The number of rotatable bonds is 5.